The van der Waals surface area contributed by atoms with Crippen molar-refractivity contribution in [2.24, 2.45) is 22.2 Å². The first kappa shape index (κ1) is 53.2. The van der Waals surface area contributed by atoms with Crippen molar-refractivity contribution in [3.63, 3.8) is 0 Å². The Hall–Kier alpha value is -5.60. The fraction of sp³-hybridized carbons (Fsp3) is 0.481. The molecule has 394 valence electrons. The van der Waals surface area contributed by atoms with E-state index in [1.54, 1.807) is 6.26 Å². The lowest BCUT2D eigenvalue weighted by Gasteiger charge is -2.46. The van der Waals surface area contributed by atoms with E-state index in [-0.39, 0.29) is 38.7 Å². The summed E-state index contributed by atoms with van der Waals surface area (Å²) in [5, 5.41) is 0.915. The number of rotatable bonds is 5. The average Bonchev–Trinajstić information content (AvgIpc) is 3.35. The molecular weight excluding hydrogens is 1010 g/mol. The minimum atomic E-state index is -5.80. The highest BCUT2D eigenvalue weighted by Gasteiger charge is 2.50. The third-order valence-corrected chi connectivity index (χ3v) is 17.9. The molecule has 0 saturated heterocycles. The predicted molar refractivity (Wildman–Crippen MR) is 282 cm³/mol. The number of ketones is 1. The lowest BCUT2D eigenvalue weighted by atomic mass is 9.65. The van der Waals surface area contributed by atoms with Crippen LogP contribution < -0.4 is 24.4 Å². The van der Waals surface area contributed by atoms with Crippen molar-refractivity contribution in [2.45, 2.75) is 92.9 Å². The number of Topliss-reactive ketones (excluding diaryl/α,β-unsaturated/α-hetero) is 1. The van der Waals surface area contributed by atoms with E-state index in [2.05, 4.69) is 96.5 Å². The van der Waals surface area contributed by atoms with E-state index in [0.717, 1.165) is 92.8 Å². The standard InChI is InChI=1S/C19H20F3N3O3S2.C18H21N3OS.C17H21NO3/c1-25-11-18(9-12-5-3-4-6-15(12)25)8-7-13-14(10-18)23-17(29-2)24-16(13)28-30(26,27)19(20,21)22;1-21-11-18(9-12-5-3-4-6-15(12)21)8-7-13-14(10-18)19-17(23-2)20-16(13)22;1-18-11-17(9-12-5-3-4-6-14(12)18)8-7-13(15(19)10-17)16(20)21-2/h3-6H,7-11H2,1-2H3;3-6H,7-11H2,1-2H3,(H,19,20,22);3-6,13H,7-11H2,1-2H3/t2*18-;13?,17-/m111/s1. The number of aromatic nitrogens is 4. The number of carbonyl (C=O) groups is 2. The van der Waals surface area contributed by atoms with Gasteiger partial charge in [0.15, 0.2) is 10.3 Å². The molecule has 74 heavy (non-hydrogen) atoms. The Bertz CT molecular complexity index is 3140. The fourth-order valence-corrected chi connectivity index (χ4v) is 13.8. The summed E-state index contributed by atoms with van der Waals surface area (Å²) in [7, 11) is 1.83. The van der Waals surface area contributed by atoms with E-state index in [1.165, 1.54) is 52.6 Å². The minimum absolute atomic E-state index is 0.0231. The number of hydrogen-bond donors (Lipinski definition) is 1. The Kier molecular flexibility index (Phi) is 15.0. The van der Waals surface area contributed by atoms with Crippen LogP contribution in [0.2, 0.25) is 0 Å². The van der Waals surface area contributed by atoms with Gasteiger partial charge in [-0.1, -0.05) is 78.1 Å². The van der Waals surface area contributed by atoms with Gasteiger partial charge in [-0.3, -0.25) is 14.4 Å². The van der Waals surface area contributed by atoms with Crippen molar-refractivity contribution in [1.29, 1.82) is 0 Å². The van der Waals surface area contributed by atoms with Crippen LogP contribution in [-0.2, 0) is 69.4 Å². The monoisotopic (exact) mass is 1070 g/mol. The molecule has 1 fully saturated rings. The van der Waals surface area contributed by atoms with Crippen LogP contribution >= 0.6 is 23.5 Å². The molecule has 11 rings (SSSR count). The van der Waals surface area contributed by atoms with Gasteiger partial charge in [0.1, 0.15) is 11.7 Å². The molecular formula is C54H62F3N7O7S3. The topological polar surface area (TPSA) is 168 Å². The Morgan fingerprint density at radius 2 is 1.15 bits per heavy atom. The van der Waals surface area contributed by atoms with Crippen LogP contribution in [0.4, 0.5) is 30.2 Å². The van der Waals surface area contributed by atoms with Gasteiger partial charge in [-0.2, -0.15) is 26.6 Å². The van der Waals surface area contributed by atoms with Gasteiger partial charge in [0.2, 0.25) is 5.88 Å². The second-order valence-corrected chi connectivity index (χ2v) is 24.1. The zero-order valence-corrected chi connectivity index (χ0v) is 45.0. The van der Waals surface area contributed by atoms with Crippen molar-refractivity contribution < 1.29 is 40.1 Å². The normalized spacial score (nSPS) is 23.8. The van der Waals surface area contributed by atoms with Crippen molar-refractivity contribution in [2.75, 3.05) is 75.1 Å². The predicted octanol–water partition coefficient (Wildman–Crippen LogP) is 8.46. The van der Waals surface area contributed by atoms with Gasteiger partial charge in [0.25, 0.3) is 5.56 Å². The van der Waals surface area contributed by atoms with E-state index in [1.807, 2.05) is 37.6 Å². The number of methoxy groups -OCH3 is 1. The van der Waals surface area contributed by atoms with E-state index in [0.29, 0.717) is 43.4 Å². The molecule has 3 aliphatic heterocycles. The maximum absolute atomic E-state index is 12.8. The number of fused-ring (bicyclic) bond motifs is 5. The second-order valence-electron chi connectivity index (χ2n) is 21.0. The molecule has 3 aliphatic carbocycles. The Balaban J connectivity index is 0.000000139. The molecule has 0 bridgehead atoms. The van der Waals surface area contributed by atoms with E-state index < -0.39 is 27.4 Å². The molecule has 1 unspecified atom stereocenters. The lowest BCUT2D eigenvalue weighted by Crippen LogP contribution is -2.48. The van der Waals surface area contributed by atoms with Gasteiger partial charge < -0.3 is 28.6 Å². The smallest absolute Gasteiger partial charge is 0.468 e. The first-order valence-electron chi connectivity index (χ1n) is 24.8. The summed E-state index contributed by atoms with van der Waals surface area (Å²) < 4.78 is 70.8. The highest BCUT2D eigenvalue weighted by molar-refractivity contribution is 7.98. The molecule has 1 N–H and O–H groups in total. The number of alkyl halides is 3. The SMILES string of the molecule is COC(=O)C1CC[C@]2(CC1=O)Cc1ccccc1N(C)C2.CSc1nc2c(c(=O)[nH]1)CC[C@@]1(Cc3ccccc3N(C)C1)C2.CSc1nc2c(c(OS(=O)(=O)C(F)(F)F)n1)CC[C@@]1(Cc3ccccc3N(C)C1)C2. The van der Waals surface area contributed by atoms with Crippen LogP contribution in [0.3, 0.4) is 0 Å². The zero-order valence-electron chi connectivity index (χ0n) is 42.5. The molecule has 4 atom stereocenters. The molecule has 3 aromatic carbocycles. The Morgan fingerprint density at radius 1 is 0.676 bits per heavy atom. The molecule has 0 radical (unpaired) electrons. The maximum atomic E-state index is 12.8. The van der Waals surface area contributed by atoms with Gasteiger partial charge in [0.05, 0.1) is 18.5 Å². The number of nitrogens with one attached hydrogen (secondary N) is 1. The van der Waals surface area contributed by atoms with E-state index in [4.69, 9.17) is 9.72 Å². The van der Waals surface area contributed by atoms with E-state index in [9.17, 15) is 36.0 Å². The van der Waals surface area contributed by atoms with Gasteiger partial charge in [0, 0.05) is 75.4 Å². The lowest BCUT2D eigenvalue weighted by molar-refractivity contribution is -0.152. The number of thioether (sulfide) groups is 2. The van der Waals surface area contributed by atoms with E-state index >= 15 is 0 Å². The maximum Gasteiger partial charge on any atom is 0.534 e. The number of ether oxygens (including phenoxy) is 1. The summed E-state index contributed by atoms with van der Waals surface area (Å²) in [6.07, 6.45) is 12.8. The summed E-state index contributed by atoms with van der Waals surface area (Å²) in [6, 6.07) is 25.2. The second kappa shape index (κ2) is 20.8. The number of aromatic amines is 1. The number of anilines is 3. The molecule has 3 spiro atoms. The summed E-state index contributed by atoms with van der Waals surface area (Å²) in [4.78, 5) is 59.1. The zero-order chi connectivity index (χ0) is 52.8. The number of nitrogens with zero attached hydrogens (tertiary/aromatic N) is 6. The summed E-state index contributed by atoms with van der Waals surface area (Å²) >= 11 is 2.63. The number of benzene rings is 3. The number of hydrogen-bond acceptors (Lipinski definition) is 15. The van der Waals surface area contributed by atoms with Crippen molar-refractivity contribution >= 4 is 62.5 Å². The van der Waals surface area contributed by atoms with Crippen molar-refractivity contribution in [3.8, 4) is 5.88 Å². The largest absolute Gasteiger partial charge is 0.534 e. The van der Waals surface area contributed by atoms with Gasteiger partial charge in [-0.15, -0.1) is 0 Å². The molecule has 6 aliphatic rings. The minimum Gasteiger partial charge on any atom is -0.468 e. The molecule has 1 saturated carbocycles. The number of carbonyl (C=O) groups excluding carboxylic acids is 2. The molecule has 20 heteroatoms. The number of halogens is 3. The molecule has 0 amide bonds. The van der Waals surface area contributed by atoms with Crippen LogP contribution in [-0.4, -0.2) is 106 Å². The van der Waals surface area contributed by atoms with Crippen molar-refractivity contribution in [1.82, 2.24) is 19.9 Å². The number of para-hydroxylation sites is 3. The van der Waals surface area contributed by atoms with Gasteiger partial charge in [-0.05, 0) is 134 Å². The first-order valence-corrected chi connectivity index (χ1v) is 28.6. The molecule has 5 aromatic rings. The Labute approximate surface area is 438 Å². The quantitative estimate of drug-likeness (QED) is 0.0444. The van der Waals surface area contributed by atoms with Crippen LogP contribution in [0.5, 0.6) is 5.88 Å². The molecule has 2 aromatic heterocycles. The van der Waals surface area contributed by atoms with Crippen LogP contribution in [0, 0.1) is 22.2 Å². The van der Waals surface area contributed by atoms with Crippen LogP contribution in [0.25, 0.3) is 0 Å². The van der Waals surface area contributed by atoms with Gasteiger partial charge >= 0.3 is 21.6 Å². The highest BCUT2D eigenvalue weighted by atomic mass is 32.2. The summed E-state index contributed by atoms with van der Waals surface area (Å²) in [5.41, 5.74) is 5.08. The first-order chi connectivity index (χ1) is 35.2. The fourth-order valence-electron chi connectivity index (χ4n) is 12.6. The number of H-pyrrole nitrogens is 1. The van der Waals surface area contributed by atoms with Crippen molar-refractivity contribution in [3.05, 3.63) is 122 Å². The van der Waals surface area contributed by atoms with Gasteiger partial charge in [-0.25, -0.2) is 9.97 Å². The Morgan fingerprint density at radius 3 is 1.61 bits per heavy atom. The number of esters is 1. The summed E-state index contributed by atoms with van der Waals surface area (Å²) in [5.74, 6) is -1.40. The third kappa shape index (κ3) is 10.8. The average molecular weight is 1070 g/mol. The summed E-state index contributed by atoms with van der Waals surface area (Å²) in [6.45, 7) is 2.69. The third-order valence-electron chi connectivity index (χ3n) is 15.9. The van der Waals surface area contributed by atoms with Crippen LogP contribution in [0.15, 0.2) is 87.9 Å². The van der Waals surface area contributed by atoms with Crippen LogP contribution in [0.1, 0.15) is 71.3 Å². The molecule has 5 heterocycles. The molecule has 14 nitrogen and oxygen atoms in total. The highest BCUT2D eigenvalue weighted by Crippen LogP contribution is 2.48.